The number of likely N-dealkylation sites (tertiary alicyclic amines) is 1. The Morgan fingerprint density at radius 3 is 2.68 bits per heavy atom. The molecule has 142 valence electrons. The molecule has 1 unspecified atom stereocenters. The van der Waals surface area contributed by atoms with Crippen molar-refractivity contribution in [3.8, 4) is 0 Å². The highest BCUT2D eigenvalue weighted by Crippen LogP contribution is 2.10. The highest BCUT2D eigenvalue weighted by molar-refractivity contribution is 5.79. The molecule has 0 amide bonds. The Morgan fingerprint density at radius 2 is 2.04 bits per heavy atom. The summed E-state index contributed by atoms with van der Waals surface area (Å²) in [5.41, 5.74) is 2.32. The Kier molecular flexibility index (Phi) is 8.25. The van der Waals surface area contributed by atoms with E-state index < -0.39 is 0 Å². The van der Waals surface area contributed by atoms with Gasteiger partial charge < -0.3 is 15.5 Å². The van der Waals surface area contributed by atoms with Crippen molar-refractivity contribution in [3.63, 3.8) is 0 Å². The molecule has 2 rings (SSSR count). The lowest BCUT2D eigenvalue weighted by Crippen LogP contribution is -2.38. The Hall–Kier alpha value is -1.56. The third-order valence-electron chi connectivity index (χ3n) is 4.62. The molecular weight excluding hydrogens is 312 g/mol. The number of rotatable bonds is 9. The molecule has 0 bridgehead atoms. The van der Waals surface area contributed by atoms with Gasteiger partial charge in [0, 0.05) is 38.4 Å². The molecule has 1 aromatic heterocycles. The molecule has 25 heavy (non-hydrogen) atoms. The van der Waals surface area contributed by atoms with E-state index in [1.165, 1.54) is 38.2 Å². The van der Waals surface area contributed by atoms with E-state index in [1.807, 2.05) is 6.92 Å². The molecule has 1 aliphatic rings. The fourth-order valence-corrected chi connectivity index (χ4v) is 3.39. The minimum absolute atomic E-state index is 0.600. The average Bonchev–Trinajstić information content (AvgIpc) is 3.18. The summed E-state index contributed by atoms with van der Waals surface area (Å²) >= 11 is 0. The smallest absolute Gasteiger partial charge is 0.191 e. The van der Waals surface area contributed by atoms with Crippen LogP contribution in [0, 0.1) is 19.8 Å². The van der Waals surface area contributed by atoms with Crippen LogP contribution in [0.3, 0.4) is 0 Å². The molecule has 6 nitrogen and oxygen atoms in total. The van der Waals surface area contributed by atoms with Crippen LogP contribution < -0.4 is 10.6 Å². The van der Waals surface area contributed by atoms with Gasteiger partial charge in [0.05, 0.1) is 5.69 Å². The lowest BCUT2D eigenvalue weighted by Gasteiger charge is -2.19. The maximum absolute atomic E-state index is 4.77. The first-order chi connectivity index (χ1) is 12.1. The highest BCUT2D eigenvalue weighted by atomic mass is 15.3. The lowest BCUT2D eigenvalue weighted by molar-refractivity contribution is 0.291. The van der Waals surface area contributed by atoms with Gasteiger partial charge >= 0.3 is 0 Å². The summed E-state index contributed by atoms with van der Waals surface area (Å²) in [4.78, 5) is 7.33. The van der Waals surface area contributed by atoms with E-state index in [2.05, 4.69) is 52.2 Å². The van der Waals surface area contributed by atoms with E-state index in [1.54, 1.807) is 0 Å². The molecule has 0 aliphatic carbocycles. The van der Waals surface area contributed by atoms with Gasteiger partial charge in [0.2, 0.25) is 0 Å². The molecule has 1 fully saturated rings. The van der Waals surface area contributed by atoms with Crippen LogP contribution in [0.15, 0.2) is 11.1 Å². The number of nitrogens with one attached hydrogen (secondary N) is 2. The van der Waals surface area contributed by atoms with Gasteiger partial charge in [0.1, 0.15) is 0 Å². The fourth-order valence-electron chi connectivity index (χ4n) is 3.39. The largest absolute Gasteiger partial charge is 0.357 e. The Labute approximate surface area is 153 Å². The third kappa shape index (κ3) is 7.06. The standard InChI is InChI=1S/C19H36N6/c1-5-20-19(22-14-16(2)15-24-10-6-7-11-24)21-9-8-12-25-18(4)13-17(3)23-25/h13,16H,5-12,14-15H2,1-4H3,(H2,20,21,22). The highest BCUT2D eigenvalue weighted by Gasteiger charge is 2.14. The van der Waals surface area contributed by atoms with Gasteiger partial charge in [-0.25, -0.2) is 0 Å². The first kappa shape index (κ1) is 19.8. The van der Waals surface area contributed by atoms with E-state index >= 15 is 0 Å². The number of hydrogen-bond donors (Lipinski definition) is 2. The predicted molar refractivity (Wildman–Crippen MR) is 105 cm³/mol. The van der Waals surface area contributed by atoms with Gasteiger partial charge in [0.15, 0.2) is 5.96 Å². The second-order valence-electron chi connectivity index (χ2n) is 7.26. The molecule has 0 spiro atoms. The number of aromatic nitrogens is 2. The van der Waals surface area contributed by atoms with Gasteiger partial charge in [-0.15, -0.1) is 0 Å². The van der Waals surface area contributed by atoms with Gasteiger partial charge in [-0.3, -0.25) is 9.67 Å². The Morgan fingerprint density at radius 1 is 1.28 bits per heavy atom. The summed E-state index contributed by atoms with van der Waals surface area (Å²) in [7, 11) is 0. The topological polar surface area (TPSA) is 57.5 Å². The van der Waals surface area contributed by atoms with E-state index in [4.69, 9.17) is 4.99 Å². The maximum Gasteiger partial charge on any atom is 0.191 e. The summed E-state index contributed by atoms with van der Waals surface area (Å²) < 4.78 is 2.08. The summed E-state index contributed by atoms with van der Waals surface area (Å²) in [6.45, 7) is 15.9. The van der Waals surface area contributed by atoms with Crippen LogP contribution in [-0.2, 0) is 6.54 Å². The maximum atomic E-state index is 4.77. The number of aliphatic imine (C=N–C) groups is 1. The van der Waals surface area contributed by atoms with Crippen molar-refractivity contribution in [2.24, 2.45) is 10.9 Å². The predicted octanol–water partition coefficient (Wildman–Crippen LogP) is 2.18. The summed E-state index contributed by atoms with van der Waals surface area (Å²) in [6, 6.07) is 2.13. The van der Waals surface area contributed by atoms with E-state index in [9.17, 15) is 0 Å². The van der Waals surface area contributed by atoms with Crippen LogP contribution >= 0.6 is 0 Å². The molecule has 1 atom stereocenters. The van der Waals surface area contributed by atoms with Crippen molar-refractivity contribution in [2.75, 3.05) is 39.3 Å². The normalized spacial score (nSPS) is 17.0. The van der Waals surface area contributed by atoms with Crippen LogP contribution in [-0.4, -0.2) is 59.9 Å². The Bertz CT molecular complexity index is 530. The van der Waals surface area contributed by atoms with E-state index in [0.717, 1.165) is 44.3 Å². The molecule has 6 heteroatoms. The monoisotopic (exact) mass is 348 g/mol. The van der Waals surface area contributed by atoms with Crippen LogP contribution in [0.5, 0.6) is 0 Å². The molecule has 2 N–H and O–H groups in total. The molecule has 1 aliphatic heterocycles. The third-order valence-corrected chi connectivity index (χ3v) is 4.62. The lowest BCUT2D eigenvalue weighted by atomic mass is 10.2. The number of nitrogens with zero attached hydrogens (tertiary/aromatic N) is 4. The van der Waals surface area contributed by atoms with Crippen LogP contribution in [0.25, 0.3) is 0 Å². The van der Waals surface area contributed by atoms with Crippen LogP contribution in [0.4, 0.5) is 0 Å². The first-order valence-electron chi connectivity index (χ1n) is 9.84. The second kappa shape index (κ2) is 10.4. The second-order valence-corrected chi connectivity index (χ2v) is 7.26. The SMILES string of the molecule is CCNC(=NCC(C)CN1CCCC1)NCCCn1nc(C)cc1C. The van der Waals surface area contributed by atoms with Crippen molar-refractivity contribution < 1.29 is 0 Å². The van der Waals surface area contributed by atoms with Crippen molar-refractivity contribution in [1.82, 2.24) is 25.3 Å². The summed E-state index contributed by atoms with van der Waals surface area (Å²) in [5.74, 6) is 1.53. The summed E-state index contributed by atoms with van der Waals surface area (Å²) in [5, 5.41) is 11.3. The van der Waals surface area contributed by atoms with Gasteiger partial charge in [-0.2, -0.15) is 5.10 Å². The number of aryl methyl sites for hydroxylation is 3. The minimum atomic E-state index is 0.600. The molecule has 0 aromatic carbocycles. The van der Waals surface area contributed by atoms with Crippen molar-refractivity contribution in [1.29, 1.82) is 0 Å². The van der Waals surface area contributed by atoms with Gasteiger partial charge in [-0.05, 0) is 65.1 Å². The molecule has 0 radical (unpaired) electrons. The number of hydrogen-bond acceptors (Lipinski definition) is 3. The molecule has 2 heterocycles. The van der Waals surface area contributed by atoms with Gasteiger partial charge in [0.25, 0.3) is 0 Å². The molecular formula is C19H36N6. The first-order valence-corrected chi connectivity index (χ1v) is 9.84. The van der Waals surface area contributed by atoms with E-state index in [-0.39, 0.29) is 0 Å². The summed E-state index contributed by atoms with van der Waals surface area (Å²) in [6.07, 6.45) is 3.75. The number of guanidine groups is 1. The zero-order chi connectivity index (χ0) is 18.1. The zero-order valence-electron chi connectivity index (χ0n) is 16.5. The minimum Gasteiger partial charge on any atom is -0.357 e. The zero-order valence-corrected chi connectivity index (χ0v) is 16.5. The fraction of sp³-hybridized carbons (Fsp3) is 0.789. The molecule has 1 saturated heterocycles. The molecule has 1 aromatic rings. The molecule has 0 saturated carbocycles. The van der Waals surface area contributed by atoms with E-state index in [0.29, 0.717) is 5.92 Å². The van der Waals surface area contributed by atoms with Crippen LogP contribution in [0.1, 0.15) is 44.5 Å². The Balaban J connectivity index is 1.70. The van der Waals surface area contributed by atoms with Crippen molar-refractivity contribution >= 4 is 5.96 Å². The van der Waals surface area contributed by atoms with Gasteiger partial charge in [-0.1, -0.05) is 6.92 Å². The quantitative estimate of drug-likeness (QED) is 0.408. The van der Waals surface area contributed by atoms with Crippen LogP contribution in [0.2, 0.25) is 0 Å². The van der Waals surface area contributed by atoms with Crippen molar-refractivity contribution in [2.45, 2.75) is 53.5 Å². The van der Waals surface area contributed by atoms with Crippen molar-refractivity contribution in [3.05, 3.63) is 17.5 Å². The average molecular weight is 349 g/mol.